The number of rotatable bonds is 10. The van der Waals surface area contributed by atoms with Crippen LogP contribution < -0.4 is 16.0 Å². The van der Waals surface area contributed by atoms with Crippen LogP contribution in [0.2, 0.25) is 10.0 Å². The highest BCUT2D eigenvalue weighted by atomic mass is 35.5. The zero-order valence-corrected chi connectivity index (χ0v) is 18.4. The zero-order chi connectivity index (χ0) is 21.8. The molecule has 4 amide bonds. The van der Waals surface area contributed by atoms with Crippen molar-refractivity contribution in [2.45, 2.75) is 25.8 Å². The molecule has 0 saturated carbocycles. The summed E-state index contributed by atoms with van der Waals surface area (Å²) in [5, 5.41) is 7.58. The predicted molar refractivity (Wildman–Crippen MR) is 114 cm³/mol. The number of amides is 4. The lowest BCUT2D eigenvalue weighted by molar-refractivity contribution is -0.150. The first-order valence-corrected chi connectivity index (χ1v) is 10.9. The minimum Gasteiger partial charge on any atom is -0.454 e. The number of nitrogens with one attached hydrogen (secondary N) is 3. The molecule has 11 heteroatoms. The van der Waals surface area contributed by atoms with Gasteiger partial charge in [0.1, 0.15) is 6.04 Å². The highest BCUT2D eigenvalue weighted by Crippen LogP contribution is 2.21. The highest BCUT2D eigenvalue weighted by molar-refractivity contribution is 7.98. The number of carbonyl (C=O) groups excluding carboxylic acids is 4. The Morgan fingerprint density at radius 2 is 1.93 bits per heavy atom. The number of imide groups is 1. The van der Waals surface area contributed by atoms with E-state index in [1.807, 2.05) is 18.5 Å². The molecule has 29 heavy (non-hydrogen) atoms. The third-order valence-electron chi connectivity index (χ3n) is 3.51. The lowest BCUT2D eigenvalue weighted by Crippen LogP contribution is -2.45. The van der Waals surface area contributed by atoms with Crippen LogP contribution >= 0.6 is 35.0 Å². The molecule has 0 aliphatic carbocycles. The van der Waals surface area contributed by atoms with Crippen LogP contribution in [0.25, 0.3) is 0 Å². The molecule has 0 heterocycles. The van der Waals surface area contributed by atoms with Crippen molar-refractivity contribution in [3.05, 3.63) is 33.8 Å². The molecule has 1 unspecified atom stereocenters. The third kappa shape index (κ3) is 9.38. The van der Waals surface area contributed by atoms with E-state index in [2.05, 4.69) is 10.6 Å². The number of esters is 1. The fraction of sp³-hybridized carbons (Fsp3) is 0.444. The Labute approximate surface area is 183 Å². The van der Waals surface area contributed by atoms with Crippen LogP contribution in [0, 0.1) is 0 Å². The van der Waals surface area contributed by atoms with Crippen LogP contribution in [0.4, 0.5) is 4.79 Å². The maximum Gasteiger partial charge on any atom is 0.329 e. The van der Waals surface area contributed by atoms with Crippen LogP contribution in [-0.2, 0) is 14.3 Å². The molecule has 0 aromatic heterocycles. The SMILES string of the molecule is CCCNC(=O)NC(=O)COC(=O)C(CCSC)NC(=O)c1ccc(Cl)cc1Cl. The number of benzene rings is 1. The van der Waals surface area contributed by atoms with Gasteiger partial charge in [0.15, 0.2) is 6.61 Å². The molecule has 160 valence electrons. The number of hydrogen-bond donors (Lipinski definition) is 3. The van der Waals surface area contributed by atoms with Gasteiger partial charge in [-0.3, -0.25) is 14.9 Å². The summed E-state index contributed by atoms with van der Waals surface area (Å²) in [4.78, 5) is 47.9. The van der Waals surface area contributed by atoms with Crippen molar-refractivity contribution >= 4 is 58.8 Å². The molecule has 1 aromatic carbocycles. The van der Waals surface area contributed by atoms with Crippen LogP contribution in [0.1, 0.15) is 30.1 Å². The smallest absolute Gasteiger partial charge is 0.329 e. The fourth-order valence-electron chi connectivity index (χ4n) is 2.08. The third-order valence-corrected chi connectivity index (χ3v) is 4.70. The van der Waals surface area contributed by atoms with E-state index in [1.54, 1.807) is 0 Å². The number of urea groups is 1. The molecule has 0 radical (unpaired) electrons. The minimum absolute atomic E-state index is 0.143. The van der Waals surface area contributed by atoms with Gasteiger partial charge in [-0.05, 0) is 43.0 Å². The van der Waals surface area contributed by atoms with Gasteiger partial charge >= 0.3 is 12.0 Å². The maximum atomic E-state index is 12.5. The van der Waals surface area contributed by atoms with Crippen molar-refractivity contribution < 1.29 is 23.9 Å². The van der Waals surface area contributed by atoms with E-state index < -0.39 is 36.5 Å². The number of halogens is 2. The largest absolute Gasteiger partial charge is 0.454 e. The van der Waals surface area contributed by atoms with Crippen LogP contribution in [0.15, 0.2) is 18.2 Å². The van der Waals surface area contributed by atoms with Crippen LogP contribution in [0.5, 0.6) is 0 Å². The first-order valence-electron chi connectivity index (χ1n) is 8.77. The molecular formula is C18H23Cl2N3O5S. The van der Waals surface area contributed by atoms with Crippen LogP contribution in [-0.4, -0.2) is 55.0 Å². The Balaban J connectivity index is 2.66. The van der Waals surface area contributed by atoms with Gasteiger partial charge in [0.25, 0.3) is 11.8 Å². The van der Waals surface area contributed by atoms with E-state index in [9.17, 15) is 19.2 Å². The topological polar surface area (TPSA) is 114 Å². The van der Waals surface area contributed by atoms with E-state index in [-0.39, 0.29) is 17.0 Å². The Hall–Kier alpha value is -1.97. The van der Waals surface area contributed by atoms with Crippen molar-refractivity contribution in [2.24, 2.45) is 0 Å². The normalized spacial score (nSPS) is 11.3. The van der Waals surface area contributed by atoms with E-state index in [4.69, 9.17) is 27.9 Å². The second-order valence-electron chi connectivity index (χ2n) is 5.84. The second-order valence-corrected chi connectivity index (χ2v) is 7.67. The molecule has 8 nitrogen and oxygen atoms in total. The minimum atomic E-state index is -0.983. The van der Waals surface area contributed by atoms with E-state index in [0.717, 1.165) is 0 Å². The number of ether oxygens (including phenoxy) is 1. The molecule has 1 aromatic rings. The summed E-state index contributed by atoms with van der Waals surface area (Å²) in [7, 11) is 0. The lowest BCUT2D eigenvalue weighted by Gasteiger charge is -2.17. The Morgan fingerprint density at radius 1 is 1.21 bits per heavy atom. The highest BCUT2D eigenvalue weighted by Gasteiger charge is 2.24. The van der Waals surface area contributed by atoms with Gasteiger partial charge in [-0.2, -0.15) is 11.8 Å². The Bertz CT molecular complexity index is 748. The number of thioether (sulfide) groups is 1. The standard InChI is InChI=1S/C18H23Cl2N3O5S/c1-3-7-21-18(27)23-15(24)10-28-17(26)14(6-8-29-2)22-16(25)12-5-4-11(19)9-13(12)20/h4-5,9,14H,3,6-8,10H2,1-2H3,(H,22,25)(H2,21,23,24,27). The van der Waals surface area contributed by atoms with Crippen molar-refractivity contribution in [3.8, 4) is 0 Å². The zero-order valence-electron chi connectivity index (χ0n) is 16.1. The molecule has 0 saturated heterocycles. The van der Waals surface area contributed by atoms with Crippen molar-refractivity contribution in [3.63, 3.8) is 0 Å². The monoisotopic (exact) mass is 463 g/mol. The second kappa shape index (κ2) is 13.3. The summed E-state index contributed by atoms with van der Waals surface area (Å²) in [5.41, 5.74) is 0.156. The summed E-state index contributed by atoms with van der Waals surface area (Å²) < 4.78 is 4.95. The Morgan fingerprint density at radius 3 is 2.55 bits per heavy atom. The summed E-state index contributed by atoms with van der Waals surface area (Å²) in [6.45, 7) is 1.63. The molecule has 0 aliphatic heterocycles. The molecule has 0 fully saturated rings. The van der Waals surface area contributed by atoms with Crippen LogP contribution in [0.3, 0.4) is 0 Å². The van der Waals surface area contributed by atoms with E-state index in [0.29, 0.717) is 23.7 Å². The van der Waals surface area contributed by atoms with E-state index >= 15 is 0 Å². The number of hydrogen-bond acceptors (Lipinski definition) is 6. The average Bonchev–Trinajstić information content (AvgIpc) is 2.67. The average molecular weight is 464 g/mol. The van der Waals surface area contributed by atoms with Gasteiger partial charge in [0.2, 0.25) is 0 Å². The molecule has 0 spiro atoms. The van der Waals surface area contributed by atoms with Gasteiger partial charge in [-0.25, -0.2) is 9.59 Å². The Kier molecular flexibility index (Phi) is 11.5. The first kappa shape index (κ1) is 25.1. The van der Waals surface area contributed by atoms with Gasteiger partial charge < -0.3 is 15.4 Å². The molecule has 1 atom stereocenters. The fourth-order valence-corrected chi connectivity index (χ4v) is 3.04. The van der Waals surface area contributed by atoms with Crippen molar-refractivity contribution in [2.75, 3.05) is 25.2 Å². The predicted octanol–water partition coefficient (Wildman–Crippen LogP) is 2.62. The number of carbonyl (C=O) groups is 4. The summed E-state index contributed by atoms with van der Waals surface area (Å²) >= 11 is 13.3. The summed E-state index contributed by atoms with van der Waals surface area (Å²) in [6.07, 6.45) is 2.85. The van der Waals surface area contributed by atoms with Crippen molar-refractivity contribution in [1.29, 1.82) is 0 Å². The quantitative estimate of drug-likeness (QED) is 0.459. The molecule has 0 bridgehead atoms. The first-order chi connectivity index (χ1) is 13.8. The lowest BCUT2D eigenvalue weighted by atomic mass is 10.1. The van der Waals surface area contributed by atoms with E-state index in [1.165, 1.54) is 30.0 Å². The van der Waals surface area contributed by atoms with Gasteiger partial charge in [0.05, 0.1) is 10.6 Å². The van der Waals surface area contributed by atoms with Crippen molar-refractivity contribution in [1.82, 2.24) is 16.0 Å². The van der Waals surface area contributed by atoms with Gasteiger partial charge in [0, 0.05) is 11.6 Å². The van der Waals surface area contributed by atoms with Gasteiger partial charge in [-0.1, -0.05) is 30.1 Å². The molecule has 0 aliphatic rings. The molecule has 1 rings (SSSR count). The van der Waals surface area contributed by atoms with Gasteiger partial charge in [-0.15, -0.1) is 0 Å². The summed E-state index contributed by atoms with van der Waals surface area (Å²) in [5.74, 6) is -1.57. The maximum absolute atomic E-state index is 12.5. The summed E-state index contributed by atoms with van der Waals surface area (Å²) in [6, 6.07) is 2.72. The molecule has 3 N–H and O–H groups in total. The molecular weight excluding hydrogens is 441 g/mol.